The second-order valence-electron chi connectivity index (χ2n) is 5.51. The van der Waals surface area contributed by atoms with Crippen LogP contribution in [0, 0.1) is 6.92 Å². The third kappa shape index (κ3) is 3.83. The molecule has 2 aromatic rings. The van der Waals surface area contributed by atoms with Gasteiger partial charge < -0.3 is 15.3 Å². The normalized spacial score (nSPS) is 18.1. The molecule has 0 spiro atoms. The lowest BCUT2D eigenvalue weighted by Gasteiger charge is -2.32. The minimum absolute atomic E-state index is 0.393. The number of aliphatic hydroxyl groups excluding tert-OH is 1. The summed E-state index contributed by atoms with van der Waals surface area (Å²) < 4.78 is 0. The number of thiazole rings is 1. The van der Waals surface area contributed by atoms with Gasteiger partial charge in [0.15, 0.2) is 5.13 Å². The molecule has 114 valence electrons. The van der Waals surface area contributed by atoms with E-state index < -0.39 is 6.10 Å². The summed E-state index contributed by atoms with van der Waals surface area (Å²) in [7, 11) is 0. The van der Waals surface area contributed by atoms with Crippen molar-refractivity contribution >= 4 is 27.8 Å². The van der Waals surface area contributed by atoms with E-state index in [-0.39, 0.29) is 0 Å². The number of hydrogen-bond donors (Lipinski definition) is 2. The average molecular weight is 323 g/mol. The molecule has 1 saturated heterocycles. The molecule has 0 amide bonds. The molecule has 0 aliphatic carbocycles. The largest absolute Gasteiger partial charge is 0.387 e. The van der Waals surface area contributed by atoms with Crippen LogP contribution < -0.4 is 10.2 Å². The number of hydrogen-bond acceptors (Lipinski definition) is 6. The van der Waals surface area contributed by atoms with Gasteiger partial charge in [0.1, 0.15) is 0 Å². The number of rotatable bonds is 5. The van der Waals surface area contributed by atoms with Gasteiger partial charge in [-0.3, -0.25) is 0 Å². The molecule has 1 atom stereocenters. The molecule has 4 nitrogen and oxygen atoms in total. The smallest absolute Gasteiger partial charge is 0.185 e. The van der Waals surface area contributed by atoms with E-state index >= 15 is 0 Å². The molecular weight excluding hydrogens is 302 g/mol. The number of nitrogens with zero attached hydrogens (tertiary/aromatic N) is 2. The first-order valence-corrected chi connectivity index (χ1v) is 9.15. The van der Waals surface area contributed by atoms with Crippen LogP contribution in [-0.4, -0.2) is 35.8 Å². The highest BCUT2D eigenvalue weighted by Gasteiger charge is 2.21. The first-order valence-electron chi connectivity index (χ1n) is 7.33. The predicted octanol–water partition coefficient (Wildman–Crippen LogP) is 2.81. The van der Waals surface area contributed by atoms with Crippen LogP contribution in [-0.2, 0) is 0 Å². The molecule has 1 aliphatic heterocycles. The summed E-state index contributed by atoms with van der Waals surface area (Å²) in [5.74, 6) is 0. The molecule has 1 fully saturated rings. The van der Waals surface area contributed by atoms with Gasteiger partial charge >= 0.3 is 0 Å². The SMILES string of the molecule is Cc1csc(N2CCC(NCC(O)c3ccsc3)CC2)n1. The molecule has 1 unspecified atom stereocenters. The molecule has 2 N–H and O–H groups in total. The maximum atomic E-state index is 10.1. The molecule has 21 heavy (non-hydrogen) atoms. The van der Waals surface area contributed by atoms with E-state index in [2.05, 4.69) is 20.6 Å². The summed E-state index contributed by atoms with van der Waals surface area (Å²) in [6.45, 7) is 4.76. The van der Waals surface area contributed by atoms with Gasteiger partial charge in [0.05, 0.1) is 11.8 Å². The topological polar surface area (TPSA) is 48.4 Å². The number of aromatic nitrogens is 1. The fraction of sp³-hybridized carbons (Fsp3) is 0.533. The van der Waals surface area contributed by atoms with Crippen LogP contribution in [0.25, 0.3) is 0 Å². The standard InChI is InChI=1S/C15H21N3OS2/c1-11-9-21-15(17-11)18-5-2-13(3-6-18)16-8-14(19)12-4-7-20-10-12/h4,7,9-10,13-14,16,19H,2-3,5-6,8H2,1H3. The lowest BCUT2D eigenvalue weighted by molar-refractivity contribution is 0.167. The predicted molar refractivity (Wildman–Crippen MR) is 89.4 cm³/mol. The van der Waals surface area contributed by atoms with Gasteiger partial charge in [0.25, 0.3) is 0 Å². The van der Waals surface area contributed by atoms with Crippen molar-refractivity contribution in [1.82, 2.24) is 10.3 Å². The fourth-order valence-corrected chi connectivity index (χ4v) is 4.19. The van der Waals surface area contributed by atoms with Crippen molar-refractivity contribution in [3.8, 4) is 0 Å². The number of anilines is 1. The van der Waals surface area contributed by atoms with Crippen molar-refractivity contribution in [2.24, 2.45) is 0 Å². The monoisotopic (exact) mass is 323 g/mol. The van der Waals surface area contributed by atoms with Gasteiger partial charge in [-0.05, 0) is 42.2 Å². The van der Waals surface area contributed by atoms with Gasteiger partial charge in [-0.1, -0.05) is 0 Å². The Kier molecular flexibility index (Phi) is 4.90. The van der Waals surface area contributed by atoms with Crippen molar-refractivity contribution in [2.75, 3.05) is 24.5 Å². The number of aliphatic hydroxyl groups is 1. The van der Waals surface area contributed by atoms with Gasteiger partial charge in [-0.2, -0.15) is 11.3 Å². The fourth-order valence-electron chi connectivity index (χ4n) is 2.62. The Hall–Kier alpha value is -0.950. The highest BCUT2D eigenvalue weighted by molar-refractivity contribution is 7.13. The molecule has 0 bridgehead atoms. The van der Waals surface area contributed by atoms with Crippen molar-refractivity contribution < 1.29 is 5.11 Å². The Bertz CT molecular complexity index is 547. The van der Waals surface area contributed by atoms with E-state index in [1.807, 2.05) is 23.8 Å². The van der Waals surface area contributed by atoms with E-state index in [1.165, 1.54) is 0 Å². The number of piperidine rings is 1. The zero-order valence-corrected chi connectivity index (χ0v) is 13.8. The highest BCUT2D eigenvalue weighted by Crippen LogP contribution is 2.24. The Morgan fingerprint density at radius 3 is 2.86 bits per heavy atom. The summed E-state index contributed by atoms with van der Waals surface area (Å²) in [6, 6.07) is 2.49. The summed E-state index contributed by atoms with van der Waals surface area (Å²) in [5.41, 5.74) is 2.12. The molecule has 1 aliphatic rings. The Morgan fingerprint density at radius 2 is 2.24 bits per heavy atom. The molecule has 3 rings (SSSR count). The maximum absolute atomic E-state index is 10.1. The quantitative estimate of drug-likeness (QED) is 0.888. The molecule has 0 aromatic carbocycles. The van der Waals surface area contributed by atoms with Gasteiger partial charge in [0.2, 0.25) is 0 Å². The van der Waals surface area contributed by atoms with Gasteiger partial charge in [-0.25, -0.2) is 4.98 Å². The third-order valence-electron chi connectivity index (χ3n) is 3.90. The van der Waals surface area contributed by atoms with Crippen molar-refractivity contribution in [3.05, 3.63) is 33.5 Å². The second-order valence-corrected chi connectivity index (χ2v) is 7.13. The Balaban J connectivity index is 1.43. The summed E-state index contributed by atoms with van der Waals surface area (Å²) in [6.07, 6.45) is 1.82. The first kappa shape index (κ1) is 15.0. The second kappa shape index (κ2) is 6.87. The minimum Gasteiger partial charge on any atom is -0.387 e. The van der Waals surface area contributed by atoms with Gasteiger partial charge in [0, 0.05) is 31.1 Å². The van der Waals surface area contributed by atoms with E-state index in [0.717, 1.165) is 42.3 Å². The van der Waals surface area contributed by atoms with E-state index in [4.69, 9.17) is 0 Å². The van der Waals surface area contributed by atoms with E-state index in [9.17, 15) is 5.11 Å². The lowest BCUT2D eigenvalue weighted by Crippen LogP contribution is -2.43. The Labute approximate surface area is 133 Å². The van der Waals surface area contributed by atoms with Crippen LogP contribution in [0.1, 0.15) is 30.2 Å². The number of nitrogens with one attached hydrogen (secondary N) is 1. The molecule has 2 aromatic heterocycles. The first-order chi connectivity index (χ1) is 10.2. The average Bonchev–Trinajstić information content (AvgIpc) is 3.17. The van der Waals surface area contributed by atoms with Crippen LogP contribution in [0.15, 0.2) is 22.2 Å². The van der Waals surface area contributed by atoms with E-state index in [0.29, 0.717) is 12.6 Å². The maximum Gasteiger partial charge on any atom is 0.185 e. The zero-order valence-electron chi connectivity index (χ0n) is 12.2. The van der Waals surface area contributed by atoms with Crippen molar-refractivity contribution in [3.63, 3.8) is 0 Å². The van der Waals surface area contributed by atoms with Crippen molar-refractivity contribution in [1.29, 1.82) is 0 Å². The summed E-state index contributed by atoms with van der Waals surface area (Å²) in [5, 5.41) is 20.9. The van der Waals surface area contributed by atoms with Crippen LogP contribution in [0.4, 0.5) is 5.13 Å². The molecule has 0 saturated carbocycles. The minimum atomic E-state index is -0.393. The van der Waals surface area contributed by atoms with Crippen LogP contribution in [0.3, 0.4) is 0 Å². The molecule has 3 heterocycles. The number of thiophene rings is 1. The van der Waals surface area contributed by atoms with E-state index in [1.54, 1.807) is 22.7 Å². The molecule has 6 heteroatoms. The van der Waals surface area contributed by atoms with Crippen LogP contribution in [0.5, 0.6) is 0 Å². The Morgan fingerprint density at radius 1 is 1.43 bits per heavy atom. The molecule has 0 radical (unpaired) electrons. The highest BCUT2D eigenvalue weighted by atomic mass is 32.1. The third-order valence-corrected chi connectivity index (χ3v) is 5.62. The van der Waals surface area contributed by atoms with Crippen molar-refractivity contribution in [2.45, 2.75) is 31.9 Å². The summed E-state index contributed by atoms with van der Waals surface area (Å²) in [4.78, 5) is 6.92. The summed E-state index contributed by atoms with van der Waals surface area (Å²) >= 11 is 3.36. The van der Waals surface area contributed by atoms with Crippen LogP contribution >= 0.6 is 22.7 Å². The molecular formula is C15H21N3OS2. The number of aryl methyl sites for hydroxylation is 1. The van der Waals surface area contributed by atoms with Gasteiger partial charge in [-0.15, -0.1) is 11.3 Å². The lowest BCUT2D eigenvalue weighted by atomic mass is 10.0. The van der Waals surface area contributed by atoms with Crippen LogP contribution in [0.2, 0.25) is 0 Å². The zero-order chi connectivity index (χ0) is 14.7.